The summed E-state index contributed by atoms with van der Waals surface area (Å²) in [6.45, 7) is 8.92. The first kappa shape index (κ1) is 21.6. The molecule has 1 aromatic carbocycles. The highest BCUT2D eigenvalue weighted by Crippen LogP contribution is 2.36. The van der Waals surface area contributed by atoms with Crippen molar-refractivity contribution in [3.8, 4) is 11.5 Å². The van der Waals surface area contributed by atoms with Crippen molar-refractivity contribution in [1.29, 1.82) is 0 Å². The molecular weight excluding hydrogens is 364 g/mol. The summed E-state index contributed by atoms with van der Waals surface area (Å²) >= 11 is 6.27. The Morgan fingerprint density at radius 2 is 2.04 bits per heavy atom. The summed E-state index contributed by atoms with van der Waals surface area (Å²) in [5.41, 5.74) is 0.806. The average Bonchev–Trinajstić information content (AvgIpc) is 2.65. The summed E-state index contributed by atoms with van der Waals surface area (Å²) in [7, 11) is 3.44. The predicted octanol–water partition coefficient (Wildman–Crippen LogP) is 4.09. The molecular formula is C21H31ClN2O3. The number of halogens is 1. The van der Waals surface area contributed by atoms with E-state index in [0.717, 1.165) is 31.5 Å². The number of hydrogen-bond acceptors (Lipinski definition) is 4. The van der Waals surface area contributed by atoms with Crippen LogP contribution in [0.25, 0.3) is 6.08 Å². The van der Waals surface area contributed by atoms with Crippen LogP contribution in [0.2, 0.25) is 5.02 Å². The summed E-state index contributed by atoms with van der Waals surface area (Å²) in [6.07, 6.45) is 5.40. The van der Waals surface area contributed by atoms with Gasteiger partial charge in [0.2, 0.25) is 5.91 Å². The molecule has 2 rings (SSSR count). The molecule has 1 aromatic rings. The van der Waals surface area contributed by atoms with Gasteiger partial charge in [-0.25, -0.2) is 0 Å². The van der Waals surface area contributed by atoms with Crippen molar-refractivity contribution < 1.29 is 14.3 Å². The van der Waals surface area contributed by atoms with E-state index < -0.39 is 0 Å². The molecule has 1 saturated heterocycles. The number of hydrogen-bond donors (Lipinski definition) is 0. The fraction of sp³-hybridized carbons (Fsp3) is 0.571. The normalized spacial score (nSPS) is 16.1. The maximum atomic E-state index is 12.6. The van der Waals surface area contributed by atoms with Gasteiger partial charge >= 0.3 is 0 Å². The van der Waals surface area contributed by atoms with E-state index in [0.29, 0.717) is 29.2 Å². The van der Waals surface area contributed by atoms with Crippen molar-refractivity contribution in [2.24, 2.45) is 0 Å². The first-order chi connectivity index (χ1) is 12.9. The third-order valence-corrected chi connectivity index (χ3v) is 5.36. The molecule has 1 aliphatic rings. The molecule has 150 valence electrons. The largest absolute Gasteiger partial charge is 0.491 e. The van der Waals surface area contributed by atoms with Crippen molar-refractivity contribution in [2.75, 3.05) is 33.9 Å². The number of methoxy groups -OCH3 is 1. The number of likely N-dealkylation sites (N-methyl/N-ethyl adjacent to an activating group) is 1. The Hall–Kier alpha value is -1.72. The number of benzene rings is 1. The highest BCUT2D eigenvalue weighted by Gasteiger charge is 2.25. The maximum Gasteiger partial charge on any atom is 0.246 e. The van der Waals surface area contributed by atoms with Crippen molar-refractivity contribution in [1.82, 2.24) is 9.80 Å². The lowest BCUT2D eigenvalue weighted by Crippen LogP contribution is -2.47. The summed E-state index contributed by atoms with van der Waals surface area (Å²) in [5.74, 6) is 1.09. The number of carbonyl (C=O) groups excluding carboxylic acids is 1. The van der Waals surface area contributed by atoms with E-state index in [9.17, 15) is 4.79 Å². The Bertz CT molecular complexity index is 668. The van der Waals surface area contributed by atoms with Crippen LogP contribution in [-0.4, -0.2) is 61.6 Å². The lowest BCUT2D eigenvalue weighted by atomic mass is 10.0. The van der Waals surface area contributed by atoms with Gasteiger partial charge in [-0.2, -0.15) is 0 Å². The van der Waals surface area contributed by atoms with Crippen LogP contribution in [0, 0.1) is 0 Å². The lowest BCUT2D eigenvalue weighted by Gasteiger charge is -2.38. The molecule has 0 spiro atoms. The highest BCUT2D eigenvalue weighted by atomic mass is 35.5. The minimum Gasteiger partial charge on any atom is -0.491 e. The summed E-state index contributed by atoms with van der Waals surface area (Å²) in [6, 6.07) is 4.45. The second-order valence-corrected chi connectivity index (χ2v) is 7.52. The molecule has 0 bridgehead atoms. The van der Waals surface area contributed by atoms with Crippen LogP contribution < -0.4 is 9.47 Å². The lowest BCUT2D eigenvalue weighted by molar-refractivity contribution is -0.127. The minimum atomic E-state index is 0.00268. The number of rotatable bonds is 7. The molecule has 0 aliphatic carbocycles. The molecule has 0 unspecified atom stereocenters. The molecule has 27 heavy (non-hydrogen) atoms. The van der Waals surface area contributed by atoms with Gasteiger partial charge in [0.05, 0.1) is 18.7 Å². The van der Waals surface area contributed by atoms with Gasteiger partial charge in [0, 0.05) is 38.3 Å². The molecule has 1 heterocycles. The van der Waals surface area contributed by atoms with Crippen molar-refractivity contribution in [3.05, 3.63) is 28.8 Å². The van der Waals surface area contributed by atoms with Gasteiger partial charge in [0.25, 0.3) is 0 Å². The molecule has 1 aliphatic heterocycles. The van der Waals surface area contributed by atoms with Gasteiger partial charge in [0.15, 0.2) is 11.5 Å². The standard InChI is InChI=1S/C21H31ClN2O3/c1-6-27-19-14-16(13-18(22)21(19)26-5)7-8-20(25)23(4)17-9-11-24(12-10-17)15(2)3/h7-8,13-15,17H,6,9-12H2,1-5H3/b8-7+. The van der Waals surface area contributed by atoms with Crippen LogP contribution in [0.5, 0.6) is 11.5 Å². The third kappa shape index (κ3) is 5.63. The Labute approximate surface area is 167 Å². The Balaban J connectivity index is 2.03. The maximum absolute atomic E-state index is 12.6. The van der Waals surface area contributed by atoms with Crippen molar-refractivity contribution >= 4 is 23.6 Å². The first-order valence-electron chi connectivity index (χ1n) is 9.56. The Morgan fingerprint density at radius 1 is 1.37 bits per heavy atom. The van der Waals surface area contributed by atoms with E-state index >= 15 is 0 Å². The first-order valence-corrected chi connectivity index (χ1v) is 9.94. The monoisotopic (exact) mass is 394 g/mol. The van der Waals surface area contributed by atoms with Gasteiger partial charge in [-0.05, 0) is 57.4 Å². The summed E-state index contributed by atoms with van der Waals surface area (Å²) in [4.78, 5) is 16.9. The summed E-state index contributed by atoms with van der Waals surface area (Å²) < 4.78 is 10.9. The van der Waals surface area contributed by atoms with E-state index in [1.807, 2.05) is 24.9 Å². The zero-order valence-electron chi connectivity index (χ0n) is 17.0. The van der Waals surface area contributed by atoms with Crippen LogP contribution in [0.1, 0.15) is 39.2 Å². The molecule has 1 fully saturated rings. The molecule has 0 radical (unpaired) electrons. The molecule has 0 N–H and O–H groups in total. The van der Waals surface area contributed by atoms with Gasteiger partial charge in [-0.1, -0.05) is 11.6 Å². The molecule has 0 aromatic heterocycles. The Kier molecular flexibility index (Phi) is 7.99. The zero-order chi connectivity index (χ0) is 20.0. The molecule has 1 amide bonds. The van der Waals surface area contributed by atoms with Gasteiger partial charge in [0.1, 0.15) is 0 Å². The fourth-order valence-corrected chi connectivity index (χ4v) is 3.70. The highest BCUT2D eigenvalue weighted by molar-refractivity contribution is 6.32. The topological polar surface area (TPSA) is 42.0 Å². The number of nitrogens with zero attached hydrogens (tertiary/aromatic N) is 2. The second-order valence-electron chi connectivity index (χ2n) is 7.11. The van der Waals surface area contributed by atoms with Gasteiger partial charge in [-0.15, -0.1) is 0 Å². The smallest absolute Gasteiger partial charge is 0.246 e. The fourth-order valence-electron chi connectivity index (χ4n) is 3.40. The quantitative estimate of drug-likeness (QED) is 0.653. The van der Waals surface area contributed by atoms with Crippen molar-refractivity contribution in [2.45, 2.75) is 45.7 Å². The van der Waals surface area contributed by atoms with Crippen LogP contribution in [0.4, 0.5) is 0 Å². The Morgan fingerprint density at radius 3 is 2.59 bits per heavy atom. The molecule has 6 heteroatoms. The van der Waals surface area contributed by atoms with Crippen LogP contribution in [-0.2, 0) is 4.79 Å². The van der Waals surface area contributed by atoms with E-state index in [4.69, 9.17) is 21.1 Å². The van der Waals surface area contributed by atoms with E-state index in [1.165, 1.54) is 0 Å². The minimum absolute atomic E-state index is 0.00268. The zero-order valence-corrected chi connectivity index (χ0v) is 17.8. The number of piperidine rings is 1. The predicted molar refractivity (Wildman–Crippen MR) is 111 cm³/mol. The van der Waals surface area contributed by atoms with E-state index in [1.54, 1.807) is 25.3 Å². The third-order valence-electron chi connectivity index (χ3n) is 5.08. The van der Waals surface area contributed by atoms with Crippen molar-refractivity contribution in [3.63, 3.8) is 0 Å². The molecule has 5 nitrogen and oxygen atoms in total. The number of likely N-dealkylation sites (tertiary alicyclic amines) is 1. The molecule has 0 saturated carbocycles. The van der Waals surface area contributed by atoms with Gasteiger partial charge < -0.3 is 19.3 Å². The number of amides is 1. The molecule has 0 atom stereocenters. The van der Waals surface area contributed by atoms with Crippen LogP contribution in [0.15, 0.2) is 18.2 Å². The van der Waals surface area contributed by atoms with Crippen LogP contribution in [0.3, 0.4) is 0 Å². The van der Waals surface area contributed by atoms with Crippen LogP contribution >= 0.6 is 11.6 Å². The second kappa shape index (κ2) is 10.00. The summed E-state index contributed by atoms with van der Waals surface area (Å²) in [5, 5.41) is 0.463. The van der Waals surface area contributed by atoms with Gasteiger partial charge in [-0.3, -0.25) is 4.79 Å². The van der Waals surface area contributed by atoms with E-state index in [2.05, 4.69) is 18.7 Å². The number of ether oxygens (including phenoxy) is 2. The number of carbonyl (C=O) groups is 1. The average molecular weight is 395 g/mol. The SMILES string of the molecule is CCOc1cc(/C=C/C(=O)N(C)C2CCN(C(C)C)CC2)cc(Cl)c1OC. The van der Waals surface area contributed by atoms with E-state index in [-0.39, 0.29) is 11.9 Å².